The van der Waals surface area contributed by atoms with Gasteiger partial charge in [-0.05, 0) is 17.7 Å². The molecular formula is C9H4ClF4N. The summed E-state index contributed by atoms with van der Waals surface area (Å²) in [7, 11) is 0. The van der Waals surface area contributed by atoms with Gasteiger partial charge in [-0.15, -0.1) is 0 Å². The first-order chi connectivity index (χ1) is 6.86. The first-order valence-electron chi connectivity index (χ1n) is 3.78. The van der Waals surface area contributed by atoms with Crippen LogP contribution in [0.15, 0.2) is 12.1 Å². The smallest absolute Gasteiger partial charge is 0.206 e. The van der Waals surface area contributed by atoms with Gasteiger partial charge < -0.3 is 0 Å². The van der Waals surface area contributed by atoms with E-state index in [4.69, 9.17) is 16.9 Å². The summed E-state index contributed by atoms with van der Waals surface area (Å²) in [6.45, 7) is 0. The minimum absolute atomic E-state index is 0.0460. The third-order valence-corrected chi connectivity index (χ3v) is 2.06. The molecule has 0 unspecified atom stereocenters. The van der Waals surface area contributed by atoms with E-state index in [9.17, 15) is 17.6 Å². The summed E-state index contributed by atoms with van der Waals surface area (Å²) in [5, 5.41) is 8.05. The maximum absolute atomic E-state index is 13.0. The Morgan fingerprint density at radius 1 is 1.33 bits per heavy atom. The Hall–Kier alpha value is -1.28. The van der Waals surface area contributed by atoms with E-state index < -0.39 is 17.6 Å². The largest absolute Gasteiger partial charge is 0.419 e. The van der Waals surface area contributed by atoms with Gasteiger partial charge in [0.2, 0.25) is 0 Å². The zero-order valence-electron chi connectivity index (χ0n) is 7.20. The van der Waals surface area contributed by atoms with Crippen molar-refractivity contribution in [2.45, 2.75) is 12.6 Å². The molecule has 0 amide bonds. The molecule has 0 aromatic heterocycles. The highest BCUT2D eigenvalue weighted by Gasteiger charge is 2.34. The molecule has 0 N–H and O–H groups in total. The van der Waals surface area contributed by atoms with E-state index in [-0.39, 0.29) is 17.0 Å². The van der Waals surface area contributed by atoms with Gasteiger partial charge in [-0.1, -0.05) is 11.6 Å². The summed E-state index contributed by atoms with van der Waals surface area (Å²) in [6.07, 6.45) is -5.01. The number of rotatable bonds is 1. The third-order valence-electron chi connectivity index (χ3n) is 1.71. The lowest BCUT2D eigenvalue weighted by Gasteiger charge is -2.09. The maximum atomic E-state index is 13.0. The van der Waals surface area contributed by atoms with Crippen molar-refractivity contribution in [1.82, 2.24) is 0 Å². The molecule has 0 fully saturated rings. The van der Waals surface area contributed by atoms with Crippen LogP contribution < -0.4 is 0 Å². The lowest BCUT2D eigenvalue weighted by molar-refractivity contribution is -0.140. The number of nitriles is 1. The summed E-state index contributed by atoms with van der Waals surface area (Å²) in [4.78, 5) is 0. The number of alkyl halides is 3. The van der Waals surface area contributed by atoms with Crippen LogP contribution in [0.3, 0.4) is 0 Å². The molecule has 0 radical (unpaired) electrons. The summed E-state index contributed by atoms with van der Waals surface area (Å²) >= 11 is 5.47. The van der Waals surface area contributed by atoms with Crippen molar-refractivity contribution < 1.29 is 17.6 Å². The minimum atomic E-state index is -4.78. The van der Waals surface area contributed by atoms with E-state index in [1.807, 2.05) is 0 Å². The van der Waals surface area contributed by atoms with Crippen molar-refractivity contribution in [3.05, 3.63) is 34.1 Å². The average Bonchev–Trinajstić information content (AvgIpc) is 2.09. The fourth-order valence-electron chi connectivity index (χ4n) is 1.03. The van der Waals surface area contributed by atoms with Crippen LogP contribution in [-0.4, -0.2) is 0 Å². The summed E-state index contributed by atoms with van der Waals surface area (Å²) in [5.41, 5.74) is -1.38. The van der Waals surface area contributed by atoms with Gasteiger partial charge in [-0.3, -0.25) is 0 Å². The zero-order valence-corrected chi connectivity index (χ0v) is 7.95. The predicted molar refractivity (Wildman–Crippen MR) is 45.7 cm³/mol. The molecule has 0 spiro atoms. The fraction of sp³-hybridized carbons (Fsp3) is 0.222. The van der Waals surface area contributed by atoms with Gasteiger partial charge in [0, 0.05) is 5.02 Å². The summed E-state index contributed by atoms with van der Waals surface area (Å²) < 4.78 is 49.5. The Morgan fingerprint density at radius 2 is 1.93 bits per heavy atom. The molecule has 15 heavy (non-hydrogen) atoms. The lowest BCUT2D eigenvalue weighted by Crippen LogP contribution is -2.08. The number of benzene rings is 1. The second kappa shape index (κ2) is 4.07. The Kier molecular flexibility index (Phi) is 3.20. The third kappa shape index (κ3) is 2.60. The van der Waals surface area contributed by atoms with Gasteiger partial charge in [0.1, 0.15) is 5.82 Å². The first-order valence-corrected chi connectivity index (χ1v) is 4.16. The summed E-state index contributed by atoms with van der Waals surface area (Å²) in [6, 6.07) is 2.80. The molecule has 1 rings (SSSR count). The molecule has 0 saturated heterocycles. The molecule has 0 bridgehead atoms. The van der Waals surface area contributed by atoms with Gasteiger partial charge in [0.05, 0.1) is 18.1 Å². The number of hydrogen-bond donors (Lipinski definition) is 0. The van der Waals surface area contributed by atoms with Gasteiger partial charge >= 0.3 is 6.18 Å². The molecule has 80 valence electrons. The van der Waals surface area contributed by atoms with Crippen LogP contribution in [0, 0.1) is 17.1 Å². The monoisotopic (exact) mass is 237 g/mol. The molecule has 0 aliphatic heterocycles. The zero-order chi connectivity index (χ0) is 11.6. The van der Waals surface area contributed by atoms with Gasteiger partial charge in [-0.2, -0.15) is 18.4 Å². The molecule has 6 heteroatoms. The van der Waals surface area contributed by atoms with E-state index in [1.54, 1.807) is 6.07 Å². The molecular weight excluding hydrogens is 234 g/mol. The van der Waals surface area contributed by atoms with Crippen LogP contribution in [0.25, 0.3) is 0 Å². The van der Waals surface area contributed by atoms with Crippen molar-refractivity contribution >= 4 is 11.6 Å². The predicted octanol–water partition coefficient (Wildman–Crippen LogP) is 3.56. The van der Waals surface area contributed by atoms with Crippen LogP contribution in [-0.2, 0) is 12.6 Å². The first kappa shape index (κ1) is 11.8. The quantitative estimate of drug-likeness (QED) is 0.685. The minimum Gasteiger partial charge on any atom is -0.206 e. The number of nitrogens with zero attached hydrogens (tertiary/aromatic N) is 1. The van der Waals surface area contributed by atoms with Crippen LogP contribution in [0.4, 0.5) is 17.6 Å². The SMILES string of the molecule is N#CCc1cc(F)c(C(F)(F)F)cc1Cl. The molecule has 1 aromatic rings. The summed E-state index contributed by atoms with van der Waals surface area (Å²) in [5.74, 6) is -1.42. The molecule has 0 atom stereocenters. The molecule has 0 aliphatic carbocycles. The molecule has 1 nitrogen and oxygen atoms in total. The van der Waals surface area contributed by atoms with Crippen LogP contribution in [0.1, 0.15) is 11.1 Å². The standard InChI is InChI=1S/C9H4ClF4N/c10-7-4-6(9(12,13)14)8(11)3-5(7)1-2-15/h3-4H,1H2. The Bertz CT molecular complexity index is 419. The normalized spacial score (nSPS) is 11.2. The van der Waals surface area contributed by atoms with E-state index in [0.717, 1.165) is 0 Å². The van der Waals surface area contributed by atoms with E-state index >= 15 is 0 Å². The highest BCUT2D eigenvalue weighted by atomic mass is 35.5. The molecule has 1 aromatic carbocycles. The molecule has 0 saturated carbocycles. The van der Waals surface area contributed by atoms with Crippen molar-refractivity contribution in [3.63, 3.8) is 0 Å². The molecule has 0 heterocycles. The second-order valence-electron chi connectivity index (χ2n) is 2.76. The van der Waals surface area contributed by atoms with Crippen molar-refractivity contribution in [3.8, 4) is 6.07 Å². The van der Waals surface area contributed by atoms with Gasteiger partial charge in [0.25, 0.3) is 0 Å². The number of halogens is 5. The highest BCUT2D eigenvalue weighted by Crippen LogP contribution is 2.34. The van der Waals surface area contributed by atoms with Gasteiger partial charge in [0.15, 0.2) is 0 Å². The van der Waals surface area contributed by atoms with Crippen molar-refractivity contribution in [2.24, 2.45) is 0 Å². The second-order valence-corrected chi connectivity index (χ2v) is 3.16. The highest BCUT2D eigenvalue weighted by molar-refractivity contribution is 6.31. The van der Waals surface area contributed by atoms with E-state index in [0.29, 0.717) is 12.1 Å². The fourth-order valence-corrected chi connectivity index (χ4v) is 1.26. The van der Waals surface area contributed by atoms with E-state index in [2.05, 4.69) is 0 Å². The van der Waals surface area contributed by atoms with Crippen molar-refractivity contribution in [1.29, 1.82) is 5.26 Å². The van der Waals surface area contributed by atoms with E-state index in [1.165, 1.54) is 0 Å². The van der Waals surface area contributed by atoms with Gasteiger partial charge in [-0.25, -0.2) is 4.39 Å². The molecule has 0 aliphatic rings. The van der Waals surface area contributed by atoms with Crippen molar-refractivity contribution in [2.75, 3.05) is 0 Å². The van der Waals surface area contributed by atoms with Crippen LogP contribution in [0.2, 0.25) is 5.02 Å². The Morgan fingerprint density at radius 3 is 2.40 bits per heavy atom. The maximum Gasteiger partial charge on any atom is 0.419 e. The average molecular weight is 238 g/mol. The van der Waals surface area contributed by atoms with Crippen LogP contribution >= 0.6 is 11.6 Å². The Balaban J connectivity index is 3.27. The van der Waals surface area contributed by atoms with Crippen LogP contribution in [0.5, 0.6) is 0 Å². The Labute approximate surface area is 87.9 Å². The lowest BCUT2D eigenvalue weighted by atomic mass is 10.1. The number of hydrogen-bond acceptors (Lipinski definition) is 1. The topological polar surface area (TPSA) is 23.8 Å².